The molecule has 0 amide bonds. The van der Waals surface area contributed by atoms with E-state index in [1.165, 1.54) is 0 Å². The fourth-order valence-electron chi connectivity index (χ4n) is 1.45. The van der Waals surface area contributed by atoms with Gasteiger partial charge in [0.15, 0.2) is 5.78 Å². The van der Waals surface area contributed by atoms with Crippen LogP contribution in [0.25, 0.3) is 0 Å². The first-order chi connectivity index (χ1) is 7.34. The summed E-state index contributed by atoms with van der Waals surface area (Å²) in [7, 11) is 0. The summed E-state index contributed by atoms with van der Waals surface area (Å²) >= 11 is 0. The van der Waals surface area contributed by atoms with Crippen molar-refractivity contribution in [2.24, 2.45) is 5.41 Å². The maximum absolute atomic E-state index is 11.8. The van der Waals surface area contributed by atoms with Crippen LogP contribution in [0.5, 0.6) is 0 Å². The molecule has 0 radical (unpaired) electrons. The summed E-state index contributed by atoms with van der Waals surface area (Å²) in [6.45, 7) is 8.33. The first-order valence-corrected chi connectivity index (χ1v) is 5.56. The van der Waals surface area contributed by atoms with Gasteiger partial charge in [-0.25, -0.2) is 0 Å². The Labute approximate surface area is 96.3 Å². The van der Waals surface area contributed by atoms with Gasteiger partial charge in [0.1, 0.15) is 6.10 Å². The fourth-order valence-corrected chi connectivity index (χ4v) is 1.45. The van der Waals surface area contributed by atoms with E-state index in [1.807, 2.05) is 33.9 Å². The SMILES string of the molecule is CCn1cc(CC(=O)C(O)C(C)(C)C)cn1. The van der Waals surface area contributed by atoms with Crippen molar-refractivity contribution >= 4 is 5.78 Å². The van der Waals surface area contributed by atoms with Gasteiger partial charge in [-0.2, -0.15) is 5.10 Å². The second-order valence-electron chi connectivity index (χ2n) is 5.12. The molecular formula is C12H20N2O2. The zero-order chi connectivity index (χ0) is 12.3. The highest BCUT2D eigenvalue weighted by Crippen LogP contribution is 2.20. The molecule has 4 heteroatoms. The second-order valence-corrected chi connectivity index (χ2v) is 5.12. The number of hydrogen-bond donors (Lipinski definition) is 1. The molecule has 0 saturated carbocycles. The molecule has 4 nitrogen and oxygen atoms in total. The van der Waals surface area contributed by atoms with Gasteiger partial charge in [0.25, 0.3) is 0 Å². The molecule has 1 unspecified atom stereocenters. The van der Waals surface area contributed by atoms with Crippen LogP contribution in [0.3, 0.4) is 0 Å². The van der Waals surface area contributed by atoms with E-state index in [-0.39, 0.29) is 12.2 Å². The third-order valence-electron chi connectivity index (χ3n) is 2.51. The number of ketones is 1. The minimum Gasteiger partial charge on any atom is -0.385 e. The number of rotatable bonds is 4. The molecule has 0 aromatic carbocycles. The molecule has 0 bridgehead atoms. The van der Waals surface area contributed by atoms with Gasteiger partial charge in [-0.1, -0.05) is 20.8 Å². The zero-order valence-corrected chi connectivity index (χ0v) is 10.4. The summed E-state index contributed by atoms with van der Waals surface area (Å²) in [5, 5.41) is 13.9. The van der Waals surface area contributed by atoms with Gasteiger partial charge < -0.3 is 5.11 Å². The van der Waals surface area contributed by atoms with Crippen molar-refractivity contribution in [1.82, 2.24) is 9.78 Å². The van der Waals surface area contributed by atoms with Crippen molar-refractivity contribution < 1.29 is 9.90 Å². The lowest BCUT2D eigenvalue weighted by atomic mass is 9.85. The van der Waals surface area contributed by atoms with Crippen molar-refractivity contribution in [2.75, 3.05) is 0 Å². The second kappa shape index (κ2) is 4.78. The van der Waals surface area contributed by atoms with Crippen molar-refractivity contribution in [3.8, 4) is 0 Å². The van der Waals surface area contributed by atoms with Crippen LogP contribution in [-0.4, -0.2) is 26.8 Å². The van der Waals surface area contributed by atoms with Crippen molar-refractivity contribution in [1.29, 1.82) is 0 Å². The normalized spacial score (nSPS) is 13.8. The van der Waals surface area contributed by atoms with E-state index >= 15 is 0 Å². The lowest BCUT2D eigenvalue weighted by molar-refractivity contribution is -0.131. The van der Waals surface area contributed by atoms with Gasteiger partial charge in [0.05, 0.1) is 6.20 Å². The van der Waals surface area contributed by atoms with Gasteiger partial charge >= 0.3 is 0 Å². The van der Waals surface area contributed by atoms with Crippen LogP contribution in [0.2, 0.25) is 0 Å². The Morgan fingerprint density at radius 2 is 2.19 bits per heavy atom. The Kier molecular flexibility index (Phi) is 3.86. The van der Waals surface area contributed by atoms with Gasteiger partial charge in [-0.15, -0.1) is 0 Å². The first-order valence-electron chi connectivity index (χ1n) is 5.56. The number of aliphatic hydroxyl groups excluding tert-OH is 1. The zero-order valence-electron chi connectivity index (χ0n) is 10.4. The van der Waals surface area contributed by atoms with E-state index in [1.54, 1.807) is 10.9 Å². The number of aromatic nitrogens is 2. The largest absolute Gasteiger partial charge is 0.385 e. The number of carbonyl (C=O) groups excluding carboxylic acids is 1. The predicted molar refractivity (Wildman–Crippen MR) is 62.1 cm³/mol. The first kappa shape index (κ1) is 12.9. The topological polar surface area (TPSA) is 55.1 Å². The highest BCUT2D eigenvalue weighted by Gasteiger charge is 2.28. The third kappa shape index (κ3) is 3.17. The quantitative estimate of drug-likeness (QED) is 0.841. The third-order valence-corrected chi connectivity index (χ3v) is 2.51. The minimum absolute atomic E-state index is 0.150. The van der Waals surface area contributed by atoms with Crippen LogP contribution in [0.4, 0.5) is 0 Å². The lowest BCUT2D eigenvalue weighted by Crippen LogP contribution is -2.35. The summed E-state index contributed by atoms with van der Waals surface area (Å²) in [6.07, 6.45) is 2.85. The number of aryl methyl sites for hydroxylation is 1. The Hall–Kier alpha value is -1.16. The van der Waals surface area contributed by atoms with Gasteiger partial charge in [0.2, 0.25) is 0 Å². The van der Waals surface area contributed by atoms with Crippen LogP contribution >= 0.6 is 0 Å². The number of aliphatic hydroxyl groups is 1. The van der Waals surface area contributed by atoms with E-state index in [4.69, 9.17) is 0 Å². The molecule has 16 heavy (non-hydrogen) atoms. The number of carbonyl (C=O) groups is 1. The molecule has 0 aliphatic heterocycles. The van der Waals surface area contributed by atoms with E-state index in [2.05, 4.69) is 5.10 Å². The Morgan fingerprint density at radius 1 is 1.56 bits per heavy atom. The monoisotopic (exact) mass is 224 g/mol. The molecule has 1 aromatic rings. The molecule has 0 fully saturated rings. The molecular weight excluding hydrogens is 204 g/mol. The molecule has 1 rings (SSSR count). The Bertz CT molecular complexity index is 363. The van der Waals surface area contributed by atoms with Gasteiger partial charge in [0, 0.05) is 19.2 Å². The Balaban J connectivity index is 2.64. The molecule has 0 saturated heterocycles. The summed E-state index contributed by atoms with van der Waals surface area (Å²) in [6, 6.07) is 0. The molecule has 1 atom stereocenters. The maximum atomic E-state index is 11.8. The average Bonchev–Trinajstić information content (AvgIpc) is 2.63. The smallest absolute Gasteiger partial charge is 0.166 e. The van der Waals surface area contributed by atoms with Crippen LogP contribution in [0, 0.1) is 5.41 Å². The van der Waals surface area contributed by atoms with Crippen LogP contribution in [0.15, 0.2) is 12.4 Å². The van der Waals surface area contributed by atoms with E-state index in [0.29, 0.717) is 0 Å². The molecule has 1 heterocycles. The van der Waals surface area contributed by atoms with Crippen molar-refractivity contribution in [2.45, 2.75) is 46.8 Å². The number of Topliss-reactive ketones (excluding diaryl/α,β-unsaturated/α-hetero) is 1. The fraction of sp³-hybridized carbons (Fsp3) is 0.667. The van der Waals surface area contributed by atoms with Gasteiger partial charge in [-0.3, -0.25) is 9.48 Å². The standard InChI is InChI=1S/C12H20N2O2/c1-5-14-8-9(7-13-14)6-10(15)11(16)12(2,3)4/h7-8,11,16H,5-6H2,1-4H3. The maximum Gasteiger partial charge on any atom is 0.166 e. The van der Waals surface area contributed by atoms with E-state index < -0.39 is 11.5 Å². The van der Waals surface area contributed by atoms with Crippen molar-refractivity contribution in [3.05, 3.63) is 18.0 Å². The molecule has 1 aromatic heterocycles. The highest BCUT2D eigenvalue weighted by molar-refractivity contribution is 5.85. The van der Waals surface area contributed by atoms with Crippen LogP contribution in [-0.2, 0) is 17.8 Å². The average molecular weight is 224 g/mol. The highest BCUT2D eigenvalue weighted by atomic mass is 16.3. The molecule has 0 spiro atoms. The summed E-state index contributed by atoms with van der Waals surface area (Å²) in [4.78, 5) is 11.8. The molecule has 0 aliphatic rings. The number of hydrogen-bond acceptors (Lipinski definition) is 3. The number of nitrogens with zero attached hydrogens (tertiary/aromatic N) is 2. The molecule has 1 N–H and O–H groups in total. The van der Waals surface area contributed by atoms with E-state index in [0.717, 1.165) is 12.1 Å². The summed E-state index contributed by atoms with van der Waals surface area (Å²) in [5.74, 6) is -0.150. The Morgan fingerprint density at radius 3 is 2.62 bits per heavy atom. The molecule has 90 valence electrons. The summed E-state index contributed by atoms with van der Waals surface area (Å²) < 4.78 is 1.77. The predicted octanol–water partition coefficient (Wildman–Crippen LogP) is 1.42. The van der Waals surface area contributed by atoms with Crippen LogP contribution in [0.1, 0.15) is 33.3 Å². The van der Waals surface area contributed by atoms with Gasteiger partial charge in [-0.05, 0) is 17.9 Å². The van der Waals surface area contributed by atoms with E-state index in [9.17, 15) is 9.90 Å². The minimum atomic E-state index is -0.919. The van der Waals surface area contributed by atoms with Crippen LogP contribution < -0.4 is 0 Å². The van der Waals surface area contributed by atoms with Crippen molar-refractivity contribution in [3.63, 3.8) is 0 Å². The summed E-state index contributed by atoms with van der Waals surface area (Å²) in [5.41, 5.74) is 0.452. The molecule has 0 aliphatic carbocycles. The lowest BCUT2D eigenvalue weighted by Gasteiger charge is -2.24.